The van der Waals surface area contributed by atoms with Gasteiger partial charge in [0.05, 0.1) is 5.56 Å². The number of hydrogen-bond acceptors (Lipinski definition) is 3. The molecule has 0 fully saturated rings. The van der Waals surface area contributed by atoms with Gasteiger partial charge in [0.25, 0.3) is 0 Å². The molecule has 1 unspecified atom stereocenters. The van der Waals surface area contributed by atoms with Crippen LogP contribution in [0.2, 0.25) is 0 Å². The summed E-state index contributed by atoms with van der Waals surface area (Å²) in [4.78, 5) is 13.4. The van der Waals surface area contributed by atoms with Crippen molar-refractivity contribution in [1.82, 2.24) is 0 Å². The van der Waals surface area contributed by atoms with Crippen LogP contribution in [0.3, 0.4) is 0 Å². The van der Waals surface area contributed by atoms with Gasteiger partial charge < -0.3 is 5.32 Å². The van der Waals surface area contributed by atoms with E-state index in [9.17, 15) is 10.1 Å². The van der Waals surface area contributed by atoms with Crippen LogP contribution in [0, 0.1) is 17.2 Å². The summed E-state index contributed by atoms with van der Waals surface area (Å²) in [7, 11) is 0. The molecule has 1 atom stereocenters. The summed E-state index contributed by atoms with van der Waals surface area (Å²) in [5.41, 5.74) is 2.76. The van der Waals surface area contributed by atoms with Gasteiger partial charge in [0, 0.05) is 11.0 Å². The number of nitrogens with zero attached hydrogens (tertiary/aromatic N) is 1. The number of amides is 1. The van der Waals surface area contributed by atoms with Crippen LogP contribution in [-0.2, 0) is 17.6 Å². The van der Waals surface area contributed by atoms with E-state index in [1.807, 2.05) is 30.3 Å². The number of nitrogens with one attached hydrogen (secondary N) is 1. The topological polar surface area (TPSA) is 52.9 Å². The third kappa shape index (κ3) is 3.52. The second-order valence-electron chi connectivity index (χ2n) is 5.90. The summed E-state index contributed by atoms with van der Waals surface area (Å²) in [6.07, 6.45) is 6.34. The van der Waals surface area contributed by atoms with Gasteiger partial charge >= 0.3 is 0 Å². The van der Waals surface area contributed by atoms with Crippen molar-refractivity contribution in [2.45, 2.75) is 26.2 Å². The molecule has 3 nitrogen and oxygen atoms in total. The van der Waals surface area contributed by atoms with Gasteiger partial charge in [0.1, 0.15) is 11.1 Å². The zero-order valence-electron chi connectivity index (χ0n) is 13.0. The molecule has 23 heavy (non-hydrogen) atoms. The smallest absolute Gasteiger partial charge is 0.249 e. The molecule has 1 aromatic carbocycles. The molecule has 116 valence electrons. The monoisotopic (exact) mass is 322 g/mol. The van der Waals surface area contributed by atoms with Crippen LogP contribution in [0.25, 0.3) is 6.08 Å². The lowest BCUT2D eigenvalue weighted by Gasteiger charge is -2.17. The fourth-order valence-corrected chi connectivity index (χ4v) is 4.21. The molecule has 1 amide bonds. The van der Waals surface area contributed by atoms with Crippen LogP contribution >= 0.6 is 11.3 Å². The molecule has 0 aliphatic heterocycles. The van der Waals surface area contributed by atoms with E-state index in [0.29, 0.717) is 16.5 Å². The molecule has 1 heterocycles. The molecule has 4 heteroatoms. The van der Waals surface area contributed by atoms with Gasteiger partial charge in [-0.2, -0.15) is 5.26 Å². The van der Waals surface area contributed by atoms with Gasteiger partial charge in [0.2, 0.25) is 5.91 Å². The highest BCUT2D eigenvalue weighted by molar-refractivity contribution is 7.16. The molecular weight excluding hydrogens is 304 g/mol. The lowest BCUT2D eigenvalue weighted by molar-refractivity contribution is -0.111. The van der Waals surface area contributed by atoms with E-state index in [0.717, 1.165) is 30.4 Å². The van der Waals surface area contributed by atoms with Gasteiger partial charge in [-0.05, 0) is 42.4 Å². The molecule has 1 aliphatic carbocycles. The first-order valence-electron chi connectivity index (χ1n) is 7.76. The number of fused-ring (bicyclic) bond motifs is 1. The number of hydrogen-bond donors (Lipinski definition) is 1. The Bertz CT molecular complexity index is 784. The van der Waals surface area contributed by atoms with Crippen LogP contribution in [0.1, 0.15) is 34.9 Å². The maximum atomic E-state index is 12.1. The predicted octanol–water partition coefficient (Wildman–Crippen LogP) is 4.40. The normalized spacial score (nSPS) is 16.8. The lowest BCUT2D eigenvalue weighted by atomic mass is 9.89. The second-order valence-corrected chi connectivity index (χ2v) is 7.01. The minimum absolute atomic E-state index is 0.197. The van der Waals surface area contributed by atoms with Crippen molar-refractivity contribution in [3.05, 3.63) is 58.0 Å². The zero-order chi connectivity index (χ0) is 16.2. The lowest BCUT2D eigenvalue weighted by Crippen LogP contribution is -2.10. The molecule has 1 aliphatic rings. The number of carbonyl (C=O) groups excluding carboxylic acids is 1. The molecule has 0 spiro atoms. The van der Waals surface area contributed by atoms with Crippen molar-refractivity contribution < 1.29 is 4.79 Å². The Morgan fingerprint density at radius 2 is 2.17 bits per heavy atom. The third-order valence-corrected chi connectivity index (χ3v) is 5.26. The Labute approximate surface area is 140 Å². The number of rotatable bonds is 3. The van der Waals surface area contributed by atoms with E-state index in [2.05, 4.69) is 18.3 Å². The Balaban J connectivity index is 1.77. The summed E-state index contributed by atoms with van der Waals surface area (Å²) in [6, 6.07) is 11.9. The standard InChI is InChI=1S/C19H18N2OS/c1-13-7-9-15-16(12-20)19(23-17(15)11-13)21-18(22)10-8-14-5-3-2-4-6-14/h2-6,8,10,13H,7,9,11H2,1H3,(H,21,22)/b10-8+. The Morgan fingerprint density at radius 1 is 1.39 bits per heavy atom. The van der Waals surface area contributed by atoms with Crippen molar-refractivity contribution in [2.24, 2.45) is 5.92 Å². The molecule has 0 radical (unpaired) electrons. The first kappa shape index (κ1) is 15.5. The fourth-order valence-electron chi connectivity index (χ4n) is 2.85. The largest absolute Gasteiger partial charge is 0.313 e. The van der Waals surface area contributed by atoms with Gasteiger partial charge in [-0.1, -0.05) is 37.3 Å². The van der Waals surface area contributed by atoms with Crippen LogP contribution < -0.4 is 5.32 Å². The van der Waals surface area contributed by atoms with Crippen LogP contribution in [0.4, 0.5) is 5.00 Å². The minimum atomic E-state index is -0.197. The number of anilines is 1. The molecule has 3 rings (SSSR count). The maximum Gasteiger partial charge on any atom is 0.249 e. The van der Waals surface area contributed by atoms with E-state index in [-0.39, 0.29) is 5.91 Å². The molecule has 1 N–H and O–H groups in total. The Kier molecular flexibility index (Phi) is 4.59. The Morgan fingerprint density at radius 3 is 2.91 bits per heavy atom. The first-order valence-corrected chi connectivity index (χ1v) is 8.57. The second kappa shape index (κ2) is 6.80. The van der Waals surface area contributed by atoms with Crippen LogP contribution in [0.5, 0.6) is 0 Å². The summed E-state index contributed by atoms with van der Waals surface area (Å²) >= 11 is 1.55. The average Bonchev–Trinajstić information content (AvgIpc) is 2.89. The van der Waals surface area contributed by atoms with Crippen LogP contribution in [-0.4, -0.2) is 5.91 Å². The SMILES string of the molecule is CC1CCc2c(sc(NC(=O)/C=C/c3ccccc3)c2C#N)C1. The highest BCUT2D eigenvalue weighted by atomic mass is 32.1. The highest BCUT2D eigenvalue weighted by Crippen LogP contribution is 2.39. The summed E-state index contributed by atoms with van der Waals surface area (Å²) < 4.78 is 0. The maximum absolute atomic E-state index is 12.1. The molecule has 0 saturated heterocycles. The first-order chi connectivity index (χ1) is 11.2. The van der Waals surface area contributed by atoms with Gasteiger partial charge in [-0.3, -0.25) is 4.79 Å². The number of benzene rings is 1. The van der Waals surface area contributed by atoms with Crippen molar-refractivity contribution in [2.75, 3.05) is 5.32 Å². The van der Waals surface area contributed by atoms with Gasteiger partial charge in [-0.25, -0.2) is 0 Å². The summed E-state index contributed by atoms with van der Waals surface area (Å²) in [5.74, 6) is 0.450. The van der Waals surface area contributed by atoms with E-state index < -0.39 is 0 Å². The minimum Gasteiger partial charge on any atom is -0.313 e. The van der Waals surface area contributed by atoms with E-state index in [4.69, 9.17) is 0 Å². The van der Waals surface area contributed by atoms with Crippen molar-refractivity contribution in [3.8, 4) is 6.07 Å². The quantitative estimate of drug-likeness (QED) is 0.852. The predicted molar refractivity (Wildman–Crippen MR) is 94.3 cm³/mol. The van der Waals surface area contributed by atoms with E-state index in [1.54, 1.807) is 17.4 Å². The van der Waals surface area contributed by atoms with Crippen LogP contribution in [0.15, 0.2) is 36.4 Å². The third-order valence-electron chi connectivity index (χ3n) is 4.09. The van der Waals surface area contributed by atoms with E-state index in [1.165, 1.54) is 11.0 Å². The Hall–Kier alpha value is -2.38. The van der Waals surface area contributed by atoms with Crippen molar-refractivity contribution in [1.29, 1.82) is 5.26 Å². The van der Waals surface area contributed by atoms with Gasteiger partial charge in [0.15, 0.2) is 0 Å². The number of carbonyl (C=O) groups is 1. The van der Waals surface area contributed by atoms with Crippen molar-refractivity contribution >= 4 is 28.3 Å². The summed E-state index contributed by atoms with van der Waals surface area (Å²) in [5, 5.41) is 13.0. The fraction of sp³-hybridized carbons (Fsp3) is 0.263. The highest BCUT2D eigenvalue weighted by Gasteiger charge is 2.24. The zero-order valence-corrected chi connectivity index (χ0v) is 13.8. The molecule has 0 saturated carbocycles. The molecule has 1 aromatic heterocycles. The average molecular weight is 322 g/mol. The van der Waals surface area contributed by atoms with E-state index >= 15 is 0 Å². The molecular formula is C19H18N2OS. The summed E-state index contributed by atoms with van der Waals surface area (Å²) in [6.45, 7) is 2.23. The van der Waals surface area contributed by atoms with Gasteiger partial charge in [-0.15, -0.1) is 11.3 Å². The number of thiophene rings is 1. The molecule has 2 aromatic rings. The number of nitriles is 1. The molecule has 0 bridgehead atoms. The van der Waals surface area contributed by atoms with Crippen molar-refractivity contribution in [3.63, 3.8) is 0 Å².